The summed E-state index contributed by atoms with van der Waals surface area (Å²) >= 11 is 1.56. The fourth-order valence-electron chi connectivity index (χ4n) is 2.93. The van der Waals surface area contributed by atoms with Crippen LogP contribution in [-0.2, 0) is 11.2 Å². The lowest BCUT2D eigenvalue weighted by Crippen LogP contribution is -2.10. The minimum Gasteiger partial charge on any atom is -0.368 e. The van der Waals surface area contributed by atoms with Crippen molar-refractivity contribution < 1.29 is 0 Å². The minimum absolute atomic E-state index is 0.154. The van der Waals surface area contributed by atoms with Crippen molar-refractivity contribution in [2.24, 2.45) is 0 Å². The summed E-state index contributed by atoms with van der Waals surface area (Å²) in [5.74, 6) is 1.73. The fraction of sp³-hybridized carbons (Fsp3) is 0.238. The van der Waals surface area contributed by atoms with Gasteiger partial charge in [0.25, 0.3) is 0 Å². The van der Waals surface area contributed by atoms with Crippen LogP contribution in [-0.4, -0.2) is 24.7 Å². The number of anilines is 1. The smallest absolute Gasteiger partial charge is 0.225 e. The molecular weight excluding hydrogens is 368 g/mol. The number of para-hydroxylation sites is 1. The van der Waals surface area contributed by atoms with Crippen LogP contribution in [0, 0.1) is 0 Å². The van der Waals surface area contributed by atoms with Crippen molar-refractivity contribution in [1.82, 2.24) is 24.7 Å². The topological polar surface area (TPSA) is 82.5 Å². The van der Waals surface area contributed by atoms with E-state index in [4.69, 9.17) is 5.73 Å². The maximum atomic E-state index is 6.12. The van der Waals surface area contributed by atoms with Crippen LogP contribution in [0.25, 0.3) is 16.7 Å². The summed E-state index contributed by atoms with van der Waals surface area (Å²) in [5, 5.41) is 6.07. The molecule has 7 heteroatoms. The number of hydrogen-bond acceptors (Lipinski definition) is 6. The molecular formula is C21H22N6S. The van der Waals surface area contributed by atoms with E-state index >= 15 is 0 Å². The van der Waals surface area contributed by atoms with Crippen molar-refractivity contribution in [1.29, 1.82) is 0 Å². The summed E-state index contributed by atoms with van der Waals surface area (Å²) in [7, 11) is 0. The average molecular weight is 391 g/mol. The molecule has 142 valence electrons. The van der Waals surface area contributed by atoms with Gasteiger partial charge in [0.2, 0.25) is 11.1 Å². The number of nitrogen functional groups attached to an aromatic ring is 1. The lowest BCUT2D eigenvalue weighted by molar-refractivity contribution is 0.590. The van der Waals surface area contributed by atoms with Crippen LogP contribution in [0.2, 0.25) is 0 Å². The van der Waals surface area contributed by atoms with Crippen molar-refractivity contribution in [2.45, 2.75) is 37.1 Å². The highest BCUT2D eigenvalue weighted by Gasteiger charge is 2.15. The molecule has 4 aromatic rings. The Morgan fingerprint density at radius 3 is 2.50 bits per heavy atom. The quantitative estimate of drug-likeness (QED) is 0.521. The SMILES string of the molecule is CC(C)(C)c1ccc(CSc2nc(N)n(-c3ncnc4ccccc34)n2)cc1. The fourth-order valence-corrected chi connectivity index (χ4v) is 3.72. The molecule has 0 aliphatic rings. The number of nitrogens with zero attached hydrogens (tertiary/aromatic N) is 5. The van der Waals surface area contributed by atoms with Crippen LogP contribution in [0.3, 0.4) is 0 Å². The highest BCUT2D eigenvalue weighted by molar-refractivity contribution is 7.98. The standard InChI is InChI=1S/C21H22N6S/c1-21(2,3)15-10-8-14(9-11-15)12-28-20-25-19(22)27(26-20)18-16-6-4-5-7-17(16)23-13-24-18/h4-11,13H,12H2,1-3H3,(H2,22,25,26). The van der Waals surface area contributed by atoms with Crippen molar-refractivity contribution in [2.75, 3.05) is 5.73 Å². The normalized spacial score (nSPS) is 11.8. The van der Waals surface area contributed by atoms with Gasteiger partial charge in [-0.25, -0.2) is 9.97 Å². The van der Waals surface area contributed by atoms with Crippen LogP contribution >= 0.6 is 11.8 Å². The van der Waals surface area contributed by atoms with Crippen molar-refractivity contribution >= 4 is 28.6 Å². The van der Waals surface area contributed by atoms with E-state index in [1.807, 2.05) is 24.3 Å². The van der Waals surface area contributed by atoms with Gasteiger partial charge in [-0.1, -0.05) is 68.9 Å². The van der Waals surface area contributed by atoms with E-state index in [9.17, 15) is 0 Å². The summed E-state index contributed by atoms with van der Waals surface area (Å²) in [6.07, 6.45) is 1.52. The predicted molar refractivity (Wildman–Crippen MR) is 114 cm³/mol. The Hall–Kier alpha value is -2.93. The molecule has 6 nitrogen and oxygen atoms in total. The lowest BCUT2D eigenvalue weighted by Gasteiger charge is -2.19. The first-order valence-corrected chi connectivity index (χ1v) is 10.1. The number of fused-ring (bicyclic) bond motifs is 1. The van der Waals surface area contributed by atoms with Gasteiger partial charge in [-0.05, 0) is 28.7 Å². The van der Waals surface area contributed by atoms with Crippen molar-refractivity contribution in [3.63, 3.8) is 0 Å². The molecule has 4 rings (SSSR count). The molecule has 0 aliphatic carbocycles. The average Bonchev–Trinajstić information content (AvgIpc) is 3.06. The Labute approximate surface area is 168 Å². The van der Waals surface area contributed by atoms with Gasteiger partial charge in [0, 0.05) is 11.1 Å². The maximum Gasteiger partial charge on any atom is 0.225 e. The van der Waals surface area contributed by atoms with Crippen LogP contribution in [0.5, 0.6) is 0 Å². The van der Waals surface area contributed by atoms with E-state index in [-0.39, 0.29) is 5.41 Å². The zero-order valence-electron chi connectivity index (χ0n) is 16.1. The molecule has 0 aliphatic heterocycles. The molecule has 2 aromatic heterocycles. The van der Waals surface area contributed by atoms with E-state index in [1.165, 1.54) is 17.5 Å². The van der Waals surface area contributed by atoms with E-state index in [0.717, 1.165) is 16.7 Å². The maximum absolute atomic E-state index is 6.12. The molecule has 2 heterocycles. The van der Waals surface area contributed by atoms with Crippen molar-refractivity contribution in [3.8, 4) is 5.82 Å². The van der Waals surface area contributed by atoms with Gasteiger partial charge in [0.05, 0.1) is 5.52 Å². The molecule has 0 saturated carbocycles. The molecule has 0 unspecified atom stereocenters. The lowest BCUT2D eigenvalue weighted by atomic mass is 9.87. The number of rotatable bonds is 4. The van der Waals surface area contributed by atoms with Gasteiger partial charge in [-0.15, -0.1) is 5.10 Å². The van der Waals surface area contributed by atoms with Gasteiger partial charge in [0.1, 0.15) is 6.33 Å². The molecule has 0 bridgehead atoms. The summed E-state index contributed by atoms with van der Waals surface area (Å²) in [6.45, 7) is 6.65. The van der Waals surface area contributed by atoms with E-state index in [2.05, 4.69) is 65.1 Å². The second-order valence-electron chi connectivity index (χ2n) is 7.61. The second-order valence-corrected chi connectivity index (χ2v) is 8.56. The van der Waals surface area contributed by atoms with Crippen molar-refractivity contribution in [3.05, 3.63) is 66.0 Å². The summed E-state index contributed by atoms with van der Waals surface area (Å²) < 4.78 is 1.58. The Kier molecular flexibility index (Phi) is 4.77. The van der Waals surface area contributed by atoms with Gasteiger partial charge < -0.3 is 5.73 Å². The predicted octanol–water partition coefficient (Wildman–Crippen LogP) is 4.38. The van der Waals surface area contributed by atoms with Crippen LogP contribution in [0.4, 0.5) is 5.95 Å². The first kappa shape index (κ1) is 18.4. The van der Waals surface area contributed by atoms with E-state index in [1.54, 1.807) is 16.4 Å². The molecule has 2 N–H and O–H groups in total. The number of aromatic nitrogens is 5. The van der Waals surface area contributed by atoms with E-state index < -0.39 is 0 Å². The third-order valence-electron chi connectivity index (χ3n) is 4.52. The highest BCUT2D eigenvalue weighted by atomic mass is 32.2. The third kappa shape index (κ3) is 3.71. The molecule has 0 radical (unpaired) electrons. The van der Waals surface area contributed by atoms with Crippen LogP contribution in [0.1, 0.15) is 31.9 Å². The van der Waals surface area contributed by atoms with Gasteiger partial charge in [0.15, 0.2) is 5.82 Å². The Bertz CT molecular complexity index is 1110. The molecule has 28 heavy (non-hydrogen) atoms. The Balaban J connectivity index is 1.55. The third-order valence-corrected chi connectivity index (χ3v) is 5.43. The number of nitrogens with two attached hydrogens (primary N) is 1. The van der Waals surface area contributed by atoms with Gasteiger partial charge in [-0.2, -0.15) is 9.67 Å². The monoisotopic (exact) mass is 390 g/mol. The molecule has 0 spiro atoms. The van der Waals surface area contributed by atoms with Crippen LogP contribution < -0.4 is 5.73 Å². The number of thioether (sulfide) groups is 1. The first-order valence-electron chi connectivity index (χ1n) is 9.07. The largest absolute Gasteiger partial charge is 0.368 e. The minimum atomic E-state index is 0.154. The Morgan fingerprint density at radius 2 is 1.75 bits per heavy atom. The Morgan fingerprint density at radius 1 is 1.00 bits per heavy atom. The molecule has 0 atom stereocenters. The van der Waals surface area contributed by atoms with Crippen LogP contribution in [0.15, 0.2) is 60.0 Å². The second kappa shape index (κ2) is 7.24. The zero-order valence-corrected chi connectivity index (χ0v) is 16.9. The van der Waals surface area contributed by atoms with Gasteiger partial charge in [-0.3, -0.25) is 0 Å². The summed E-state index contributed by atoms with van der Waals surface area (Å²) in [5.41, 5.74) is 9.66. The molecule has 0 fully saturated rings. The summed E-state index contributed by atoms with van der Waals surface area (Å²) in [4.78, 5) is 13.0. The number of benzene rings is 2. The summed E-state index contributed by atoms with van der Waals surface area (Å²) in [6, 6.07) is 16.5. The van der Waals surface area contributed by atoms with Gasteiger partial charge >= 0.3 is 0 Å². The number of hydrogen-bond donors (Lipinski definition) is 1. The highest BCUT2D eigenvalue weighted by Crippen LogP contribution is 2.26. The molecule has 2 aromatic carbocycles. The van der Waals surface area contributed by atoms with E-state index in [0.29, 0.717) is 16.9 Å². The first-order chi connectivity index (χ1) is 13.4. The molecule has 0 amide bonds. The molecule has 0 saturated heterocycles. The zero-order chi connectivity index (χ0) is 19.7.